The third-order valence-corrected chi connectivity index (χ3v) is 5.04. The molecule has 2 aromatic rings. The van der Waals surface area contributed by atoms with Crippen molar-refractivity contribution in [2.75, 3.05) is 0 Å². The van der Waals surface area contributed by atoms with Crippen LogP contribution in [0.5, 0.6) is 0 Å². The zero-order valence-electron chi connectivity index (χ0n) is 17.7. The lowest BCUT2D eigenvalue weighted by Gasteiger charge is -2.30. The van der Waals surface area contributed by atoms with E-state index >= 15 is 0 Å². The van der Waals surface area contributed by atoms with E-state index in [0.29, 0.717) is 6.54 Å². The SMILES string of the molecule is CC[C@@H](C)NC(=O)[C@H](C)N(Cc1cccc(C)c1)C(=O)Cc1cccc(C)c1. The second kappa shape index (κ2) is 10.1. The van der Waals surface area contributed by atoms with Crippen LogP contribution in [-0.4, -0.2) is 28.8 Å². The maximum Gasteiger partial charge on any atom is 0.242 e. The molecule has 150 valence electrons. The Morgan fingerprint density at radius 1 is 0.964 bits per heavy atom. The summed E-state index contributed by atoms with van der Waals surface area (Å²) >= 11 is 0. The largest absolute Gasteiger partial charge is 0.352 e. The quantitative estimate of drug-likeness (QED) is 0.747. The van der Waals surface area contributed by atoms with Crippen molar-refractivity contribution in [2.45, 2.75) is 66.1 Å². The molecule has 4 nitrogen and oxygen atoms in total. The van der Waals surface area contributed by atoms with E-state index in [-0.39, 0.29) is 24.3 Å². The molecule has 0 radical (unpaired) electrons. The molecule has 0 saturated carbocycles. The van der Waals surface area contributed by atoms with Crippen LogP contribution in [0.4, 0.5) is 0 Å². The van der Waals surface area contributed by atoms with E-state index < -0.39 is 6.04 Å². The third-order valence-electron chi connectivity index (χ3n) is 5.04. The van der Waals surface area contributed by atoms with Crippen LogP contribution < -0.4 is 5.32 Å². The van der Waals surface area contributed by atoms with Crippen molar-refractivity contribution in [3.05, 3.63) is 70.8 Å². The fourth-order valence-corrected chi connectivity index (χ4v) is 3.15. The van der Waals surface area contributed by atoms with Gasteiger partial charge in [-0.15, -0.1) is 0 Å². The number of hydrogen-bond donors (Lipinski definition) is 1. The molecular formula is C24H32N2O2. The van der Waals surface area contributed by atoms with Gasteiger partial charge < -0.3 is 10.2 Å². The first-order valence-corrected chi connectivity index (χ1v) is 10.0. The lowest BCUT2D eigenvalue weighted by molar-refractivity contribution is -0.140. The Labute approximate surface area is 169 Å². The van der Waals surface area contributed by atoms with Gasteiger partial charge in [0.15, 0.2) is 0 Å². The van der Waals surface area contributed by atoms with E-state index in [2.05, 4.69) is 11.4 Å². The highest BCUT2D eigenvalue weighted by atomic mass is 16.2. The maximum atomic E-state index is 13.2. The van der Waals surface area contributed by atoms with Gasteiger partial charge in [0, 0.05) is 12.6 Å². The Balaban J connectivity index is 2.23. The highest BCUT2D eigenvalue weighted by molar-refractivity contribution is 5.88. The summed E-state index contributed by atoms with van der Waals surface area (Å²) in [5.74, 6) is -0.154. The number of carbonyl (C=O) groups is 2. The fourth-order valence-electron chi connectivity index (χ4n) is 3.15. The predicted octanol–water partition coefficient (Wildman–Crippen LogP) is 4.18. The molecule has 0 saturated heterocycles. The molecule has 1 N–H and O–H groups in total. The van der Waals surface area contributed by atoms with Gasteiger partial charge in [-0.3, -0.25) is 9.59 Å². The Hall–Kier alpha value is -2.62. The molecule has 2 atom stereocenters. The summed E-state index contributed by atoms with van der Waals surface area (Å²) in [6, 6.07) is 15.6. The molecule has 0 unspecified atom stereocenters. The number of nitrogens with one attached hydrogen (secondary N) is 1. The van der Waals surface area contributed by atoms with Crippen LogP contribution in [0.3, 0.4) is 0 Å². The van der Waals surface area contributed by atoms with E-state index in [9.17, 15) is 9.59 Å². The normalized spacial score (nSPS) is 12.9. The second-order valence-corrected chi connectivity index (χ2v) is 7.67. The van der Waals surface area contributed by atoms with Gasteiger partial charge in [0.25, 0.3) is 0 Å². The highest BCUT2D eigenvalue weighted by Gasteiger charge is 2.26. The van der Waals surface area contributed by atoms with E-state index in [0.717, 1.165) is 28.7 Å². The van der Waals surface area contributed by atoms with Crippen molar-refractivity contribution < 1.29 is 9.59 Å². The Kier molecular flexibility index (Phi) is 7.80. The smallest absolute Gasteiger partial charge is 0.242 e. The van der Waals surface area contributed by atoms with Gasteiger partial charge in [-0.2, -0.15) is 0 Å². The monoisotopic (exact) mass is 380 g/mol. The molecule has 0 aliphatic heterocycles. The van der Waals surface area contributed by atoms with E-state index in [1.807, 2.05) is 77.1 Å². The number of rotatable bonds is 8. The van der Waals surface area contributed by atoms with E-state index in [4.69, 9.17) is 0 Å². The molecule has 28 heavy (non-hydrogen) atoms. The van der Waals surface area contributed by atoms with Crippen LogP contribution in [0.1, 0.15) is 49.4 Å². The minimum Gasteiger partial charge on any atom is -0.352 e. The van der Waals surface area contributed by atoms with Crippen molar-refractivity contribution in [1.29, 1.82) is 0 Å². The summed E-state index contributed by atoms with van der Waals surface area (Å²) in [6.45, 7) is 10.3. The van der Waals surface area contributed by atoms with Crippen molar-refractivity contribution in [1.82, 2.24) is 10.2 Å². The van der Waals surface area contributed by atoms with Gasteiger partial charge in [-0.05, 0) is 45.2 Å². The topological polar surface area (TPSA) is 49.4 Å². The molecule has 0 spiro atoms. The summed E-state index contributed by atoms with van der Waals surface area (Å²) in [7, 11) is 0. The van der Waals surface area contributed by atoms with Gasteiger partial charge in [0.05, 0.1) is 6.42 Å². The van der Waals surface area contributed by atoms with Gasteiger partial charge in [-0.1, -0.05) is 66.6 Å². The van der Waals surface area contributed by atoms with Crippen molar-refractivity contribution in [3.8, 4) is 0 Å². The first kappa shape index (κ1) is 21.7. The standard InChI is InChI=1S/C24H32N2O2/c1-6-19(4)25-24(28)20(5)26(16-22-12-8-10-18(3)14-22)23(27)15-21-11-7-9-17(2)13-21/h7-14,19-20H,6,15-16H2,1-5H3,(H,25,28)/t19-,20+/m1/s1. The molecule has 2 rings (SSSR count). The number of aryl methyl sites for hydroxylation is 2. The minimum absolute atomic E-state index is 0.0427. The average molecular weight is 381 g/mol. The fraction of sp³-hybridized carbons (Fsp3) is 0.417. The zero-order chi connectivity index (χ0) is 20.7. The van der Waals surface area contributed by atoms with Crippen LogP contribution in [0, 0.1) is 13.8 Å². The molecule has 0 bridgehead atoms. The van der Waals surface area contributed by atoms with Crippen LogP contribution >= 0.6 is 0 Å². The van der Waals surface area contributed by atoms with Crippen molar-refractivity contribution in [3.63, 3.8) is 0 Å². The summed E-state index contributed by atoms with van der Waals surface area (Å²) in [6.07, 6.45) is 1.14. The van der Waals surface area contributed by atoms with E-state index in [1.165, 1.54) is 0 Å². The molecule has 4 heteroatoms. The van der Waals surface area contributed by atoms with Crippen LogP contribution in [0.2, 0.25) is 0 Å². The lowest BCUT2D eigenvalue weighted by atomic mass is 10.1. The van der Waals surface area contributed by atoms with Gasteiger partial charge >= 0.3 is 0 Å². The van der Waals surface area contributed by atoms with Crippen molar-refractivity contribution >= 4 is 11.8 Å². The molecule has 2 amide bonds. The molecule has 2 aromatic carbocycles. The number of hydrogen-bond acceptors (Lipinski definition) is 2. The summed E-state index contributed by atoms with van der Waals surface area (Å²) < 4.78 is 0. The summed E-state index contributed by atoms with van der Waals surface area (Å²) in [4.78, 5) is 27.6. The highest BCUT2D eigenvalue weighted by Crippen LogP contribution is 2.14. The Morgan fingerprint density at radius 2 is 1.54 bits per heavy atom. The minimum atomic E-state index is -0.535. The Bertz CT molecular complexity index is 816. The number of benzene rings is 2. The number of carbonyl (C=O) groups excluding carboxylic acids is 2. The molecule has 0 aliphatic rings. The summed E-state index contributed by atoms with van der Waals surface area (Å²) in [5, 5.41) is 3.00. The van der Waals surface area contributed by atoms with Gasteiger partial charge in [-0.25, -0.2) is 0 Å². The molecule has 0 aromatic heterocycles. The number of amides is 2. The van der Waals surface area contributed by atoms with Gasteiger partial charge in [0.2, 0.25) is 11.8 Å². The average Bonchev–Trinajstić information content (AvgIpc) is 2.65. The zero-order valence-corrected chi connectivity index (χ0v) is 17.7. The summed E-state index contributed by atoms with van der Waals surface area (Å²) in [5.41, 5.74) is 4.26. The Morgan fingerprint density at radius 3 is 2.11 bits per heavy atom. The molecule has 0 heterocycles. The molecular weight excluding hydrogens is 348 g/mol. The first-order valence-electron chi connectivity index (χ1n) is 10.0. The van der Waals surface area contributed by atoms with Crippen LogP contribution in [-0.2, 0) is 22.6 Å². The first-order chi connectivity index (χ1) is 13.3. The molecule has 0 aliphatic carbocycles. The second-order valence-electron chi connectivity index (χ2n) is 7.67. The van der Waals surface area contributed by atoms with Gasteiger partial charge in [0.1, 0.15) is 6.04 Å². The molecule has 0 fully saturated rings. The van der Waals surface area contributed by atoms with Crippen LogP contribution in [0.15, 0.2) is 48.5 Å². The van der Waals surface area contributed by atoms with Crippen molar-refractivity contribution in [2.24, 2.45) is 0 Å². The van der Waals surface area contributed by atoms with E-state index in [1.54, 1.807) is 4.90 Å². The third kappa shape index (κ3) is 6.22. The number of nitrogens with zero attached hydrogens (tertiary/aromatic N) is 1. The lowest BCUT2D eigenvalue weighted by Crippen LogP contribution is -2.49. The van der Waals surface area contributed by atoms with Crippen LogP contribution in [0.25, 0.3) is 0 Å². The maximum absolute atomic E-state index is 13.2. The predicted molar refractivity (Wildman–Crippen MR) is 114 cm³/mol.